The van der Waals surface area contributed by atoms with Crippen LogP contribution in [0, 0.1) is 0 Å². The molecular weight excluding hydrogens is 648 g/mol. The van der Waals surface area contributed by atoms with Crippen molar-refractivity contribution in [1.29, 1.82) is 0 Å². The Labute approximate surface area is 256 Å². The molecule has 8 heterocycles. The molecule has 0 N–H and O–H groups in total. The van der Waals surface area contributed by atoms with E-state index in [9.17, 15) is 0 Å². The first-order chi connectivity index (χ1) is 17.9. The van der Waals surface area contributed by atoms with Crippen molar-refractivity contribution in [3.05, 3.63) is 21.3 Å². The summed E-state index contributed by atoms with van der Waals surface area (Å²) in [7, 11) is 0. The van der Waals surface area contributed by atoms with Gasteiger partial charge in [0.05, 0.1) is 0 Å². The quantitative estimate of drug-likeness (QED) is 0.361. The summed E-state index contributed by atoms with van der Waals surface area (Å²) < 4.78 is 0. The molecule has 4 fully saturated rings. The molecule has 0 unspecified atom stereocenters. The van der Waals surface area contributed by atoms with Gasteiger partial charge in [-0.2, -0.15) is 0 Å². The van der Waals surface area contributed by atoms with Crippen molar-refractivity contribution in [3.63, 3.8) is 0 Å². The van der Waals surface area contributed by atoms with Gasteiger partial charge in [-0.3, -0.25) is 0 Å². The monoisotopic (exact) mass is 692 g/mol. The Balaban J connectivity index is 0.000000138. The van der Waals surface area contributed by atoms with E-state index in [1.807, 2.05) is 0 Å². The van der Waals surface area contributed by atoms with Crippen LogP contribution < -0.4 is 0 Å². The van der Waals surface area contributed by atoms with Crippen molar-refractivity contribution < 1.29 is 42.1 Å². The van der Waals surface area contributed by atoms with E-state index >= 15 is 0 Å². The molecule has 8 rings (SSSR count). The van der Waals surface area contributed by atoms with E-state index < -0.39 is 0 Å². The van der Waals surface area contributed by atoms with Crippen LogP contribution in [0.15, 0.2) is 20.0 Å². The van der Waals surface area contributed by atoms with E-state index in [1.165, 1.54) is 51.9 Å². The minimum Gasteiger partial charge on any atom is -0.426 e. The smallest absolute Gasteiger partial charge is 0.426 e. The first-order valence-electron chi connectivity index (χ1n) is 13.7. The third kappa shape index (κ3) is 8.73. The Hall–Kier alpha value is -1.54. The van der Waals surface area contributed by atoms with Crippen LogP contribution in [0.2, 0.25) is 0 Å². The molecule has 8 aliphatic heterocycles. The number of guanidine groups is 4. The predicted molar refractivity (Wildman–Crippen MR) is 147 cm³/mol. The first-order valence-corrected chi connectivity index (χ1v) is 13.7. The molecule has 0 atom stereocenters. The van der Waals surface area contributed by atoms with Gasteiger partial charge in [-0.05, 0) is 130 Å². The molecular formula is C24H40Mo2N12. The van der Waals surface area contributed by atoms with Crippen molar-refractivity contribution in [3.8, 4) is 0 Å². The Morgan fingerprint density at radius 1 is 0.368 bits per heavy atom. The van der Waals surface area contributed by atoms with Crippen LogP contribution in [0.25, 0.3) is 21.3 Å². The second-order valence-corrected chi connectivity index (χ2v) is 9.62. The van der Waals surface area contributed by atoms with Crippen molar-refractivity contribution in [2.24, 2.45) is 20.0 Å². The molecule has 0 amide bonds. The zero-order valence-electron chi connectivity index (χ0n) is 22.3. The molecule has 8 aliphatic rings. The second-order valence-electron chi connectivity index (χ2n) is 9.62. The SMILES string of the molecule is C1C[N-]C2=NCCN2C1.C1C[N-]C2=NCCN2C1.C1C[N-]C2=NCCN2C1.C1C[N-]C2=NCCN2C1.[Mo+2].[Mo+2]. The molecule has 0 bridgehead atoms. The van der Waals surface area contributed by atoms with Gasteiger partial charge in [0, 0.05) is 23.8 Å². The van der Waals surface area contributed by atoms with Crippen molar-refractivity contribution in [2.45, 2.75) is 25.7 Å². The van der Waals surface area contributed by atoms with Gasteiger partial charge in [0.2, 0.25) is 0 Å². The molecule has 14 heteroatoms. The average Bonchev–Trinajstić information content (AvgIpc) is 3.76. The molecule has 208 valence electrons. The fraction of sp³-hybridized carbons (Fsp3) is 0.833. The van der Waals surface area contributed by atoms with Gasteiger partial charge in [0.25, 0.3) is 0 Å². The molecule has 0 aromatic carbocycles. The summed E-state index contributed by atoms with van der Waals surface area (Å²) in [5.41, 5.74) is 0. The van der Waals surface area contributed by atoms with Gasteiger partial charge in [0.1, 0.15) is 0 Å². The van der Waals surface area contributed by atoms with E-state index in [4.69, 9.17) is 0 Å². The van der Waals surface area contributed by atoms with Crippen molar-refractivity contribution in [1.82, 2.24) is 19.6 Å². The Morgan fingerprint density at radius 2 is 0.605 bits per heavy atom. The predicted octanol–water partition coefficient (Wildman–Crippen LogP) is 1.74. The number of nitrogens with zero attached hydrogens (tertiary/aromatic N) is 12. The second kappa shape index (κ2) is 16.5. The maximum Gasteiger partial charge on any atom is 2.00 e. The zero-order chi connectivity index (χ0) is 24.4. The van der Waals surface area contributed by atoms with Gasteiger partial charge in [-0.1, -0.05) is 0 Å². The topological polar surface area (TPSA) is 119 Å². The summed E-state index contributed by atoms with van der Waals surface area (Å²) in [6.07, 6.45) is 4.83. The Morgan fingerprint density at radius 3 is 0.816 bits per heavy atom. The largest absolute Gasteiger partial charge is 2.00 e. The number of hydrogen-bond acceptors (Lipinski definition) is 8. The molecule has 0 radical (unpaired) electrons. The number of rotatable bonds is 0. The van der Waals surface area contributed by atoms with E-state index in [0.717, 1.165) is 102 Å². The van der Waals surface area contributed by atoms with Gasteiger partial charge in [-0.15, -0.1) is 0 Å². The van der Waals surface area contributed by atoms with E-state index in [-0.39, 0.29) is 42.1 Å². The summed E-state index contributed by atoms with van der Waals surface area (Å²) in [5.74, 6) is 4.00. The van der Waals surface area contributed by atoms with Gasteiger partial charge < -0.3 is 60.8 Å². The normalized spacial score (nSPS) is 23.6. The van der Waals surface area contributed by atoms with Gasteiger partial charge >= 0.3 is 42.1 Å². The first kappa shape index (κ1) is 31.0. The molecule has 12 nitrogen and oxygen atoms in total. The van der Waals surface area contributed by atoms with Crippen LogP contribution in [0.5, 0.6) is 0 Å². The summed E-state index contributed by atoms with van der Waals surface area (Å²) >= 11 is 0. The van der Waals surface area contributed by atoms with Crippen LogP contribution in [-0.4, -0.2) is 148 Å². The molecule has 0 spiro atoms. The molecule has 0 aromatic heterocycles. The third-order valence-electron chi connectivity index (χ3n) is 6.98. The standard InChI is InChI=1S/4C6H10N3.2Mo/c4*1-2-7-6-8-3-5-9(6)4-1;;/h4*1-5H2;;/q4*-1;2*+2. The van der Waals surface area contributed by atoms with E-state index in [0.29, 0.717) is 0 Å². The minimum atomic E-state index is 0. The van der Waals surface area contributed by atoms with Crippen molar-refractivity contribution >= 4 is 23.8 Å². The fourth-order valence-electron chi connectivity index (χ4n) is 5.09. The van der Waals surface area contributed by atoms with E-state index in [1.54, 1.807) is 0 Å². The van der Waals surface area contributed by atoms with E-state index in [2.05, 4.69) is 60.8 Å². The maximum absolute atomic E-state index is 4.27. The molecule has 0 aliphatic carbocycles. The summed E-state index contributed by atoms with van der Waals surface area (Å²) in [4.78, 5) is 25.9. The number of aliphatic imine (C=N–C) groups is 4. The van der Waals surface area contributed by atoms with Crippen molar-refractivity contribution in [2.75, 3.05) is 105 Å². The maximum atomic E-state index is 4.27. The van der Waals surface area contributed by atoms with Crippen LogP contribution in [-0.2, 0) is 42.1 Å². The summed E-state index contributed by atoms with van der Waals surface area (Å²) in [5, 5.41) is 17.1. The number of hydrogen-bond donors (Lipinski definition) is 0. The molecule has 4 saturated heterocycles. The Kier molecular flexibility index (Phi) is 13.5. The Bertz CT molecular complexity index is 712. The average molecular weight is 689 g/mol. The number of fused-ring (bicyclic) bond motifs is 4. The molecule has 0 aromatic rings. The minimum absolute atomic E-state index is 0. The fourth-order valence-corrected chi connectivity index (χ4v) is 5.09. The molecule has 0 saturated carbocycles. The third-order valence-corrected chi connectivity index (χ3v) is 6.98. The van der Waals surface area contributed by atoms with Gasteiger partial charge in [0.15, 0.2) is 0 Å². The van der Waals surface area contributed by atoms with Crippen LogP contribution >= 0.6 is 0 Å². The van der Waals surface area contributed by atoms with Gasteiger partial charge in [-0.25, -0.2) is 0 Å². The summed E-state index contributed by atoms with van der Waals surface area (Å²) in [6.45, 7) is 16.8. The zero-order valence-corrected chi connectivity index (χ0v) is 26.3. The van der Waals surface area contributed by atoms with Crippen LogP contribution in [0.1, 0.15) is 25.7 Å². The van der Waals surface area contributed by atoms with Crippen LogP contribution in [0.4, 0.5) is 0 Å². The van der Waals surface area contributed by atoms with Crippen LogP contribution in [0.3, 0.4) is 0 Å². The molecule has 38 heavy (non-hydrogen) atoms. The summed E-state index contributed by atoms with van der Waals surface area (Å²) in [6, 6.07) is 0.